The summed E-state index contributed by atoms with van der Waals surface area (Å²) in [6.45, 7) is 1.87. The maximum absolute atomic E-state index is 13.0. The van der Waals surface area contributed by atoms with E-state index in [4.69, 9.17) is 18.9 Å². The van der Waals surface area contributed by atoms with E-state index in [1.807, 2.05) is 6.07 Å². The fourth-order valence-corrected chi connectivity index (χ4v) is 2.98. The third kappa shape index (κ3) is 4.43. The van der Waals surface area contributed by atoms with Crippen molar-refractivity contribution in [3.8, 4) is 11.5 Å². The number of methoxy groups -OCH3 is 2. The summed E-state index contributed by atoms with van der Waals surface area (Å²) in [6, 6.07) is 13.7. The molecule has 2 aromatic carbocycles. The number of carbonyl (C=O) groups excluding carboxylic acids is 2. The van der Waals surface area contributed by atoms with Crippen LogP contribution < -0.4 is 9.47 Å². The van der Waals surface area contributed by atoms with Gasteiger partial charge in [0.25, 0.3) is 5.91 Å². The molecule has 0 aromatic heterocycles. The first-order valence-electron chi connectivity index (χ1n) is 8.98. The number of nitrogens with zero attached hydrogens (tertiary/aromatic N) is 1. The van der Waals surface area contributed by atoms with Crippen LogP contribution in [-0.4, -0.2) is 57.3 Å². The molecule has 1 aliphatic rings. The Hall–Kier alpha value is -3.06. The van der Waals surface area contributed by atoms with Crippen LogP contribution in [0, 0.1) is 0 Å². The van der Waals surface area contributed by atoms with Crippen LogP contribution in [0.25, 0.3) is 0 Å². The lowest BCUT2D eigenvalue weighted by Crippen LogP contribution is -2.44. The molecule has 1 fully saturated rings. The molecular weight excluding hydrogens is 362 g/mol. The Balaban J connectivity index is 1.84. The lowest BCUT2D eigenvalue weighted by molar-refractivity contribution is -0.145. The van der Waals surface area contributed by atoms with Gasteiger partial charge in [-0.05, 0) is 18.2 Å². The molecule has 1 aliphatic heterocycles. The largest absolute Gasteiger partial charge is 0.493 e. The second-order valence-corrected chi connectivity index (χ2v) is 6.20. The summed E-state index contributed by atoms with van der Waals surface area (Å²) in [5.41, 5.74) is 0.890. The number of esters is 1. The number of carbonyl (C=O) groups is 2. The number of ether oxygens (including phenoxy) is 4. The first-order valence-corrected chi connectivity index (χ1v) is 8.98. The third-order valence-electron chi connectivity index (χ3n) is 4.49. The topological polar surface area (TPSA) is 74.3 Å². The van der Waals surface area contributed by atoms with E-state index in [9.17, 15) is 9.59 Å². The summed E-state index contributed by atoms with van der Waals surface area (Å²) < 4.78 is 21.4. The molecule has 3 rings (SSSR count). The van der Waals surface area contributed by atoms with Crippen molar-refractivity contribution in [3.63, 3.8) is 0 Å². The van der Waals surface area contributed by atoms with Gasteiger partial charge in [-0.3, -0.25) is 4.79 Å². The molecule has 0 aliphatic carbocycles. The van der Waals surface area contributed by atoms with Crippen molar-refractivity contribution in [2.45, 2.75) is 6.10 Å². The molecule has 0 unspecified atom stereocenters. The predicted octanol–water partition coefficient (Wildman–Crippen LogP) is 2.46. The molecule has 0 N–H and O–H groups in total. The van der Waals surface area contributed by atoms with Crippen molar-refractivity contribution in [2.75, 3.05) is 40.5 Å². The molecule has 0 saturated carbocycles. The number of benzene rings is 2. The fourth-order valence-electron chi connectivity index (χ4n) is 2.98. The number of amides is 1. The van der Waals surface area contributed by atoms with E-state index in [1.165, 1.54) is 20.3 Å². The standard InChI is InChI=1S/C21H23NO6/c1-25-17-9-8-16(14-18(17)26-2)21(24)28-19(15-6-4-3-5-7-15)20(23)22-10-12-27-13-11-22/h3-9,14,19H,10-13H2,1-2H3/t19-/m0/s1. The van der Waals surface area contributed by atoms with Gasteiger partial charge < -0.3 is 23.8 Å². The van der Waals surface area contributed by atoms with Crippen molar-refractivity contribution < 1.29 is 28.5 Å². The summed E-state index contributed by atoms with van der Waals surface area (Å²) >= 11 is 0. The second-order valence-electron chi connectivity index (χ2n) is 6.20. The molecule has 0 radical (unpaired) electrons. The van der Waals surface area contributed by atoms with E-state index < -0.39 is 12.1 Å². The van der Waals surface area contributed by atoms with Crippen LogP contribution in [0.3, 0.4) is 0 Å². The maximum atomic E-state index is 13.0. The van der Waals surface area contributed by atoms with Crippen molar-refractivity contribution in [2.24, 2.45) is 0 Å². The first kappa shape index (κ1) is 19.7. The number of hydrogen-bond donors (Lipinski definition) is 0. The minimum absolute atomic E-state index is 0.261. The van der Waals surface area contributed by atoms with Crippen LogP contribution in [0.15, 0.2) is 48.5 Å². The van der Waals surface area contributed by atoms with Crippen molar-refractivity contribution >= 4 is 11.9 Å². The molecule has 1 atom stereocenters. The summed E-state index contributed by atoms with van der Waals surface area (Å²) in [7, 11) is 3.00. The van der Waals surface area contributed by atoms with Gasteiger partial charge in [0.05, 0.1) is 33.0 Å². The highest BCUT2D eigenvalue weighted by molar-refractivity contribution is 5.93. The Kier molecular flexibility index (Phi) is 6.49. The monoisotopic (exact) mass is 385 g/mol. The van der Waals surface area contributed by atoms with E-state index in [0.717, 1.165) is 0 Å². The summed E-state index contributed by atoms with van der Waals surface area (Å²) in [4.78, 5) is 27.5. The Morgan fingerprint density at radius 1 is 0.964 bits per heavy atom. The maximum Gasteiger partial charge on any atom is 0.339 e. The second kappa shape index (κ2) is 9.23. The molecule has 1 amide bonds. The van der Waals surface area contributed by atoms with Gasteiger partial charge in [0, 0.05) is 18.7 Å². The molecule has 0 bridgehead atoms. The molecule has 0 spiro atoms. The molecule has 148 valence electrons. The van der Waals surface area contributed by atoms with Crippen LogP contribution >= 0.6 is 0 Å². The summed E-state index contributed by atoms with van der Waals surface area (Å²) in [5.74, 6) is 0.0375. The van der Waals surface area contributed by atoms with Gasteiger partial charge in [0.15, 0.2) is 11.5 Å². The molecule has 1 heterocycles. The van der Waals surface area contributed by atoms with Gasteiger partial charge in [-0.2, -0.15) is 0 Å². The van der Waals surface area contributed by atoms with Crippen LogP contribution in [0.4, 0.5) is 0 Å². The van der Waals surface area contributed by atoms with Crippen LogP contribution in [0.2, 0.25) is 0 Å². The quantitative estimate of drug-likeness (QED) is 0.711. The highest BCUT2D eigenvalue weighted by Crippen LogP contribution is 2.29. The Labute approximate surface area is 163 Å². The van der Waals surface area contributed by atoms with Crippen LogP contribution in [0.1, 0.15) is 22.0 Å². The van der Waals surface area contributed by atoms with Crippen LogP contribution in [0.5, 0.6) is 11.5 Å². The van der Waals surface area contributed by atoms with Gasteiger partial charge >= 0.3 is 5.97 Å². The zero-order valence-electron chi connectivity index (χ0n) is 15.9. The number of rotatable bonds is 6. The molecular formula is C21H23NO6. The normalized spacial score (nSPS) is 14.9. The molecule has 2 aromatic rings. The van der Waals surface area contributed by atoms with Gasteiger partial charge in [0.1, 0.15) is 0 Å². The van der Waals surface area contributed by atoms with E-state index in [2.05, 4.69) is 0 Å². The summed E-state index contributed by atoms with van der Waals surface area (Å²) in [6.07, 6.45) is -1.03. The smallest absolute Gasteiger partial charge is 0.339 e. The first-order chi connectivity index (χ1) is 13.6. The van der Waals surface area contributed by atoms with Crippen molar-refractivity contribution in [1.29, 1.82) is 0 Å². The molecule has 7 nitrogen and oxygen atoms in total. The van der Waals surface area contributed by atoms with E-state index in [0.29, 0.717) is 43.4 Å². The highest BCUT2D eigenvalue weighted by atomic mass is 16.5. The van der Waals surface area contributed by atoms with Gasteiger partial charge in [0.2, 0.25) is 6.10 Å². The Morgan fingerprint density at radius 3 is 2.29 bits per heavy atom. The molecule has 1 saturated heterocycles. The van der Waals surface area contributed by atoms with E-state index in [1.54, 1.807) is 41.3 Å². The van der Waals surface area contributed by atoms with E-state index >= 15 is 0 Å². The SMILES string of the molecule is COc1ccc(C(=O)O[C@H](C(=O)N2CCOCC2)c2ccccc2)cc1OC. The van der Waals surface area contributed by atoms with Crippen molar-refractivity contribution in [1.82, 2.24) is 4.90 Å². The van der Waals surface area contributed by atoms with Crippen molar-refractivity contribution in [3.05, 3.63) is 59.7 Å². The number of morpholine rings is 1. The lowest BCUT2D eigenvalue weighted by atomic mass is 10.1. The summed E-state index contributed by atoms with van der Waals surface area (Å²) in [5, 5.41) is 0. The van der Waals surface area contributed by atoms with Gasteiger partial charge in [-0.15, -0.1) is 0 Å². The Bertz CT molecular complexity index is 817. The van der Waals surface area contributed by atoms with Gasteiger partial charge in [-0.25, -0.2) is 4.79 Å². The minimum atomic E-state index is -1.03. The zero-order chi connectivity index (χ0) is 19.9. The lowest BCUT2D eigenvalue weighted by Gasteiger charge is -2.30. The Morgan fingerprint density at radius 2 is 1.64 bits per heavy atom. The minimum Gasteiger partial charge on any atom is -0.493 e. The zero-order valence-corrected chi connectivity index (χ0v) is 15.9. The third-order valence-corrected chi connectivity index (χ3v) is 4.49. The molecule has 7 heteroatoms. The average Bonchev–Trinajstić information content (AvgIpc) is 2.77. The van der Waals surface area contributed by atoms with Gasteiger partial charge in [-0.1, -0.05) is 30.3 Å². The fraction of sp³-hybridized carbons (Fsp3) is 0.333. The number of hydrogen-bond acceptors (Lipinski definition) is 6. The highest BCUT2D eigenvalue weighted by Gasteiger charge is 2.31. The average molecular weight is 385 g/mol. The predicted molar refractivity (Wildman–Crippen MR) is 102 cm³/mol. The van der Waals surface area contributed by atoms with Crippen LogP contribution in [-0.2, 0) is 14.3 Å². The van der Waals surface area contributed by atoms with E-state index in [-0.39, 0.29) is 11.5 Å². The molecule has 28 heavy (non-hydrogen) atoms.